The van der Waals surface area contributed by atoms with Crippen molar-refractivity contribution in [2.45, 2.75) is 122 Å². The molecule has 0 saturated heterocycles. The molecule has 0 unspecified atom stereocenters. The summed E-state index contributed by atoms with van der Waals surface area (Å²) >= 11 is 4.94. The van der Waals surface area contributed by atoms with Crippen molar-refractivity contribution in [1.82, 2.24) is 9.97 Å². The summed E-state index contributed by atoms with van der Waals surface area (Å²) in [4.78, 5) is 77.3. The third-order valence-electron chi connectivity index (χ3n) is 24.8. The predicted molar refractivity (Wildman–Crippen MR) is 454 cm³/mol. The second-order valence-corrected chi connectivity index (χ2v) is 36.8. The van der Waals surface area contributed by atoms with E-state index >= 15 is 9.59 Å². The fourth-order valence-corrected chi connectivity index (χ4v) is 22.6. The molecule has 4 aliphatic rings. The first-order valence-electron chi connectivity index (χ1n) is 38.3. The second-order valence-electron chi connectivity index (χ2n) is 33.6. The zero-order valence-electron chi connectivity index (χ0n) is 62.6. The Labute approximate surface area is 644 Å². The number of nitrogens with zero attached hydrogens (tertiary/aromatic N) is 4. The van der Waals surface area contributed by atoms with Gasteiger partial charge in [-0.2, -0.15) is 0 Å². The largest absolute Gasteiger partial charge is 0.422 e. The minimum absolute atomic E-state index is 0.0477. The topological polar surface area (TPSA) is 153 Å². The van der Waals surface area contributed by atoms with E-state index in [9.17, 15) is 9.59 Å². The molecular formula is C95H76N4O8S3. The van der Waals surface area contributed by atoms with Gasteiger partial charge in [0.1, 0.15) is 22.3 Å². The van der Waals surface area contributed by atoms with Crippen molar-refractivity contribution >= 4 is 140 Å². The molecule has 21 rings (SSSR count). The Morgan fingerprint density at radius 1 is 0.373 bits per heavy atom. The number of fused-ring (bicyclic) bond motifs is 16. The third kappa shape index (κ3) is 10.3. The lowest BCUT2D eigenvalue weighted by Crippen LogP contribution is -2.44. The van der Waals surface area contributed by atoms with Crippen LogP contribution in [0, 0.1) is 0 Å². The average Bonchev–Trinajstić information content (AvgIpc) is 0.787. The van der Waals surface area contributed by atoms with E-state index in [0.29, 0.717) is 72.9 Å². The minimum atomic E-state index is -0.588. The van der Waals surface area contributed by atoms with Crippen molar-refractivity contribution in [2.75, 3.05) is 36.0 Å². The molecule has 110 heavy (non-hydrogen) atoms. The molecule has 4 aliphatic heterocycles. The molecular weight excluding hydrogens is 1420 g/mol. The van der Waals surface area contributed by atoms with E-state index in [1.807, 2.05) is 103 Å². The molecule has 15 heteroatoms. The van der Waals surface area contributed by atoms with Crippen molar-refractivity contribution in [1.29, 1.82) is 0 Å². The normalized spacial score (nSPS) is 16.2. The molecule has 8 aromatic carbocycles. The van der Waals surface area contributed by atoms with E-state index in [4.69, 9.17) is 27.6 Å². The number of aromatic nitrogens is 2. The Morgan fingerprint density at radius 2 is 0.873 bits per heavy atom. The first kappa shape index (κ1) is 67.0. The van der Waals surface area contributed by atoms with Crippen LogP contribution in [0.4, 0.5) is 11.4 Å². The van der Waals surface area contributed by atoms with Crippen LogP contribution in [0.3, 0.4) is 0 Å². The molecule has 0 aliphatic carbocycles. The van der Waals surface area contributed by atoms with E-state index in [0.717, 1.165) is 164 Å². The van der Waals surface area contributed by atoms with Crippen molar-refractivity contribution in [3.05, 3.63) is 245 Å². The molecule has 0 fully saturated rings. The number of benzene rings is 8. The SMILES string of the molecule is CCCc1ccc2c(ccc3oc(=O)c(-c4cccc(-c5cc(-c6cc(-c7cc8cc9c%10c(c8oc7=O)C(C)(C)CCN%10CCC9(C)C)nc(-c7cc8c9ccccc9c9ccccc9c8oc7=O)c6)cc(-c6cc7sc8cc(-c9cc%10cc%11c%12c(c%10oc9=O)C(C)(C)CCN%12CCC%11(C)C)sc8c7s6)n5)c4)cc32)c1. The molecule has 0 amide bonds. The van der Waals surface area contributed by atoms with Gasteiger partial charge in [-0.3, -0.25) is 0 Å². The fraction of sp³-hybridized carbons (Fsp3) is 0.242. The Hall–Kier alpha value is -11.1. The van der Waals surface area contributed by atoms with Crippen molar-refractivity contribution in [3.8, 4) is 77.0 Å². The van der Waals surface area contributed by atoms with Gasteiger partial charge in [-0.1, -0.05) is 160 Å². The lowest BCUT2D eigenvalue weighted by molar-refractivity contribution is 0.398. The maximum atomic E-state index is 15.4. The van der Waals surface area contributed by atoms with Crippen LogP contribution in [0.1, 0.15) is 122 Å². The highest BCUT2D eigenvalue weighted by atomic mass is 32.1. The van der Waals surface area contributed by atoms with E-state index in [-0.39, 0.29) is 38.4 Å². The maximum Gasteiger partial charge on any atom is 0.345 e. The van der Waals surface area contributed by atoms with Crippen LogP contribution in [0.5, 0.6) is 0 Å². The third-order valence-corrected chi connectivity index (χ3v) is 28.6. The fourth-order valence-electron chi connectivity index (χ4n) is 18.6. The minimum Gasteiger partial charge on any atom is -0.422 e. The first-order valence-corrected chi connectivity index (χ1v) is 40.8. The average molecular weight is 1500 g/mol. The van der Waals surface area contributed by atoms with Gasteiger partial charge in [-0.15, -0.1) is 34.0 Å². The number of rotatable bonds is 9. The summed E-state index contributed by atoms with van der Waals surface area (Å²) in [5, 5.41) is 9.10. The highest BCUT2D eigenvalue weighted by Crippen LogP contribution is 2.56. The molecule has 542 valence electrons. The van der Waals surface area contributed by atoms with E-state index in [1.165, 1.54) is 28.1 Å². The van der Waals surface area contributed by atoms with E-state index in [2.05, 4.69) is 145 Å². The molecule has 0 spiro atoms. The van der Waals surface area contributed by atoms with Gasteiger partial charge in [-0.25, -0.2) is 29.1 Å². The summed E-state index contributed by atoms with van der Waals surface area (Å²) in [5.41, 5.74) is 14.1. The molecule has 9 aromatic heterocycles. The van der Waals surface area contributed by atoms with Crippen molar-refractivity contribution in [3.63, 3.8) is 0 Å². The van der Waals surface area contributed by atoms with Gasteiger partial charge in [0.2, 0.25) is 0 Å². The monoisotopic (exact) mass is 1500 g/mol. The van der Waals surface area contributed by atoms with Gasteiger partial charge in [0.15, 0.2) is 0 Å². The Bertz CT molecular complexity index is 7210. The van der Waals surface area contributed by atoms with Gasteiger partial charge >= 0.3 is 22.5 Å². The van der Waals surface area contributed by atoms with Crippen LogP contribution < -0.4 is 32.3 Å². The number of anilines is 2. The van der Waals surface area contributed by atoms with Gasteiger partial charge in [0.05, 0.1) is 59.3 Å². The van der Waals surface area contributed by atoms with Crippen LogP contribution in [0.2, 0.25) is 0 Å². The zero-order chi connectivity index (χ0) is 74.9. The number of hydrogen-bond donors (Lipinski definition) is 0. The molecule has 0 N–H and O–H groups in total. The van der Waals surface area contributed by atoms with E-state index < -0.39 is 16.9 Å². The summed E-state index contributed by atoms with van der Waals surface area (Å²) in [7, 11) is 0. The van der Waals surface area contributed by atoms with E-state index in [1.54, 1.807) is 34.0 Å². The second kappa shape index (κ2) is 24.0. The summed E-state index contributed by atoms with van der Waals surface area (Å²) in [6.45, 7) is 24.4. The highest BCUT2D eigenvalue weighted by Gasteiger charge is 2.44. The number of aryl methyl sites for hydroxylation is 1. The lowest BCUT2D eigenvalue weighted by Gasteiger charge is -2.48. The van der Waals surface area contributed by atoms with Crippen molar-refractivity contribution in [2.24, 2.45) is 0 Å². The summed E-state index contributed by atoms with van der Waals surface area (Å²) in [5.74, 6) is 0. The molecule has 0 atom stereocenters. The van der Waals surface area contributed by atoms with Gasteiger partial charge in [-0.05, 0) is 199 Å². The highest BCUT2D eigenvalue weighted by molar-refractivity contribution is 7.40. The lowest BCUT2D eigenvalue weighted by atomic mass is 9.69. The Kier molecular flexibility index (Phi) is 14.6. The number of thiophene rings is 3. The standard InChI is InChI=1S/C95H76N4O8S3/c1-10-16-49-23-25-57-51(35-49)24-26-74-63(57)45-62(88(100)104-74)50-17-15-18-52(36-50)70-41-53(44-73(96-70)76-48-78-87(110-76)86-77(108-78)47-75(109-86)67-38-56-40-69-82-80(84(56)106-91(67)103)95(8,9)30-34-99(82)32-28-93(69,4)5)54-42-71(65-37-55-39-68-81-79(83(55)105-89(65)101)94(6,7)29-33-98(81)31-27-92(68,2)3)97-72(43-54)66-46-64-60-21-12-11-19-58(60)59-20-13-14-22-61(59)85(64)107-90(66)102/h11-15,17-26,35-48H,10,16,27-34H2,1-9H3. The van der Waals surface area contributed by atoms with Crippen LogP contribution in [-0.4, -0.2) is 36.1 Å². The van der Waals surface area contributed by atoms with Gasteiger partial charge in [0.25, 0.3) is 0 Å². The molecule has 17 aromatic rings. The van der Waals surface area contributed by atoms with Gasteiger partial charge < -0.3 is 27.5 Å². The Balaban J connectivity index is 0.770. The summed E-state index contributed by atoms with van der Waals surface area (Å²) in [6.07, 6.45) is 5.90. The van der Waals surface area contributed by atoms with Crippen LogP contribution in [-0.2, 0) is 28.1 Å². The molecule has 0 radical (unpaired) electrons. The molecule has 0 saturated carbocycles. The van der Waals surface area contributed by atoms with Crippen LogP contribution >= 0.6 is 34.0 Å². The number of pyridine rings is 2. The molecule has 12 nitrogen and oxygen atoms in total. The molecule has 13 heterocycles. The molecule has 0 bridgehead atoms. The van der Waals surface area contributed by atoms with Crippen LogP contribution in [0.25, 0.3) is 172 Å². The first-order chi connectivity index (χ1) is 53.0. The predicted octanol–water partition coefficient (Wildman–Crippen LogP) is 23.8. The van der Waals surface area contributed by atoms with Crippen molar-refractivity contribution < 1.29 is 17.7 Å². The summed E-state index contributed by atoms with van der Waals surface area (Å²) in [6, 6.07) is 59.1. The quantitative estimate of drug-likeness (QED) is 0.0998. The smallest absolute Gasteiger partial charge is 0.345 e. The summed E-state index contributed by atoms with van der Waals surface area (Å²) < 4.78 is 30.3. The van der Waals surface area contributed by atoms with Gasteiger partial charge in [0, 0.05) is 95.5 Å². The maximum absolute atomic E-state index is 15.4. The number of hydrogen-bond acceptors (Lipinski definition) is 15. The van der Waals surface area contributed by atoms with Crippen LogP contribution in [0.15, 0.2) is 213 Å². The Morgan fingerprint density at radius 3 is 1.51 bits per heavy atom. The zero-order valence-corrected chi connectivity index (χ0v) is 65.0.